The second kappa shape index (κ2) is 8.09. The van der Waals surface area contributed by atoms with Crippen LogP contribution < -0.4 is 0 Å². The number of hydrogen-bond acceptors (Lipinski definition) is 4. The first-order chi connectivity index (χ1) is 9.12. The van der Waals surface area contributed by atoms with Crippen LogP contribution in [0.2, 0.25) is 5.15 Å². The van der Waals surface area contributed by atoms with E-state index < -0.39 is 0 Å². The SMILES string of the molecule is CCCc1cc(C(=O)N(CCO)CCO)cc(Cl)n1. The third-order valence-electron chi connectivity index (χ3n) is 2.63. The number of aromatic nitrogens is 1. The summed E-state index contributed by atoms with van der Waals surface area (Å²) in [4.78, 5) is 17.8. The van der Waals surface area contributed by atoms with Crippen LogP contribution in [0, 0.1) is 0 Å². The van der Waals surface area contributed by atoms with Crippen LogP contribution in [0.4, 0.5) is 0 Å². The van der Waals surface area contributed by atoms with Gasteiger partial charge in [0, 0.05) is 24.3 Å². The maximum atomic E-state index is 12.3. The fourth-order valence-corrected chi connectivity index (χ4v) is 2.02. The summed E-state index contributed by atoms with van der Waals surface area (Å²) in [7, 11) is 0. The van der Waals surface area contributed by atoms with E-state index in [9.17, 15) is 4.79 Å². The molecule has 1 amide bonds. The fourth-order valence-electron chi connectivity index (χ4n) is 1.80. The van der Waals surface area contributed by atoms with E-state index in [-0.39, 0.29) is 37.4 Å². The average Bonchev–Trinajstić information content (AvgIpc) is 2.37. The van der Waals surface area contributed by atoms with Gasteiger partial charge in [-0.3, -0.25) is 4.79 Å². The van der Waals surface area contributed by atoms with Crippen molar-refractivity contribution in [2.24, 2.45) is 0 Å². The number of carbonyl (C=O) groups excluding carboxylic acids is 1. The molecule has 0 saturated carbocycles. The van der Waals surface area contributed by atoms with Gasteiger partial charge in [0.1, 0.15) is 5.15 Å². The van der Waals surface area contributed by atoms with E-state index in [1.807, 2.05) is 6.92 Å². The maximum Gasteiger partial charge on any atom is 0.254 e. The van der Waals surface area contributed by atoms with Crippen molar-refractivity contribution >= 4 is 17.5 Å². The molecule has 6 heteroatoms. The van der Waals surface area contributed by atoms with E-state index in [4.69, 9.17) is 21.8 Å². The maximum absolute atomic E-state index is 12.3. The summed E-state index contributed by atoms with van der Waals surface area (Å²) in [5.41, 5.74) is 1.21. The lowest BCUT2D eigenvalue weighted by molar-refractivity contribution is 0.0684. The molecule has 106 valence electrons. The number of aliphatic hydroxyl groups is 2. The first-order valence-corrected chi connectivity index (χ1v) is 6.67. The van der Waals surface area contributed by atoms with Crippen molar-refractivity contribution < 1.29 is 15.0 Å². The molecule has 19 heavy (non-hydrogen) atoms. The van der Waals surface area contributed by atoms with Crippen LogP contribution in [-0.2, 0) is 6.42 Å². The molecule has 0 atom stereocenters. The smallest absolute Gasteiger partial charge is 0.254 e. The Morgan fingerprint density at radius 1 is 1.32 bits per heavy atom. The Hall–Kier alpha value is -1.17. The van der Waals surface area contributed by atoms with Crippen LogP contribution in [-0.4, -0.2) is 52.3 Å². The van der Waals surface area contributed by atoms with Gasteiger partial charge < -0.3 is 15.1 Å². The van der Waals surface area contributed by atoms with Crippen molar-refractivity contribution in [2.75, 3.05) is 26.3 Å². The molecule has 0 unspecified atom stereocenters. The van der Waals surface area contributed by atoms with Crippen molar-refractivity contribution in [1.82, 2.24) is 9.88 Å². The third kappa shape index (κ3) is 4.78. The highest BCUT2D eigenvalue weighted by Crippen LogP contribution is 2.14. The average molecular weight is 287 g/mol. The Morgan fingerprint density at radius 3 is 2.47 bits per heavy atom. The van der Waals surface area contributed by atoms with E-state index in [1.165, 1.54) is 11.0 Å². The van der Waals surface area contributed by atoms with Gasteiger partial charge >= 0.3 is 0 Å². The van der Waals surface area contributed by atoms with Gasteiger partial charge in [0.2, 0.25) is 0 Å². The number of rotatable bonds is 7. The van der Waals surface area contributed by atoms with Gasteiger partial charge in [-0.1, -0.05) is 24.9 Å². The number of carbonyl (C=O) groups is 1. The summed E-state index contributed by atoms with van der Waals surface area (Å²) in [6.45, 7) is 2.09. The molecule has 0 radical (unpaired) electrons. The molecular formula is C13H19ClN2O3. The minimum Gasteiger partial charge on any atom is -0.395 e. The number of amides is 1. The lowest BCUT2D eigenvalue weighted by atomic mass is 10.1. The summed E-state index contributed by atoms with van der Waals surface area (Å²) in [5, 5.41) is 18.2. The quantitative estimate of drug-likeness (QED) is 0.737. The molecule has 1 aromatic rings. The molecule has 0 fully saturated rings. The van der Waals surface area contributed by atoms with Gasteiger partial charge in [0.25, 0.3) is 5.91 Å². The molecular weight excluding hydrogens is 268 g/mol. The number of pyridine rings is 1. The second-order valence-corrected chi connectivity index (χ2v) is 4.55. The lowest BCUT2D eigenvalue weighted by Crippen LogP contribution is -2.36. The van der Waals surface area contributed by atoms with Gasteiger partial charge in [-0.15, -0.1) is 0 Å². The van der Waals surface area contributed by atoms with E-state index in [0.29, 0.717) is 5.56 Å². The minimum atomic E-state index is -0.259. The van der Waals surface area contributed by atoms with Crippen molar-refractivity contribution in [3.63, 3.8) is 0 Å². The summed E-state index contributed by atoms with van der Waals surface area (Å²) in [6.07, 6.45) is 1.67. The van der Waals surface area contributed by atoms with E-state index >= 15 is 0 Å². The third-order valence-corrected chi connectivity index (χ3v) is 2.82. The Kier molecular flexibility index (Phi) is 6.77. The first-order valence-electron chi connectivity index (χ1n) is 6.29. The summed E-state index contributed by atoms with van der Waals surface area (Å²) < 4.78 is 0. The largest absolute Gasteiger partial charge is 0.395 e. The van der Waals surface area contributed by atoms with Crippen molar-refractivity contribution in [1.29, 1.82) is 0 Å². The van der Waals surface area contributed by atoms with Gasteiger partial charge in [0.05, 0.1) is 13.2 Å². The van der Waals surface area contributed by atoms with E-state index in [0.717, 1.165) is 18.5 Å². The molecule has 1 heterocycles. The molecule has 2 N–H and O–H groups in total. The number of nitrogens with zero attached hydrogens (tertiary/aromatic N) is 2. The zero-order valence-corrected chi connectivity index (χ0v) is 11.7. The van der Waals surface area contributed by atoms with E-state index in [1.54, 1.807) is 6.07 Å². The normalized spacial score (nSPS) is 10.5. The molecule has 0 saturated heterocycles. The standard InChI is InChI=1S/C13H19ClN2O3/c1-2-3-11-8-10(9-12(14)15-11)13(19)16(4-6-17)5-7-18/h8-9,17-18H,2-7H2,1H3. The van der Waals surface area contributed by atoms with Gasteiger partial charge in [-0.25, -0.2) is 4.98 Å². The Morgan fingerprint density at radius 2 is 1.95 bits per heavy atom. The number of halogens is 1. The van der Waals surface area contributed by atoms with Crippen LogP contribution in [0.3, 0.4) is 0 Å². The predicted octanol–water partition coefficient (Wildman–Crippen LogP) is 1.11. The van der Waals surface area contributed by atoms with Crippen LogP contribution >= 0.6 is 11.6 Å². The van der Waals surface area contributed by atoms with Gasteiger partial charge in [0.15, 0.2) is 0 Å². The molecule has 1 aromatic heterocycles. The van der Waals surface area contributed by atoms with Crippen LogP contribution in [0.25, 0.3) is 0 Å². The Balaban J connectivity index is 2.95. The highest BCUT2D eigenvalue weighted by atomic mass is 35.5. The van der Waals surface area contributed by atoms with Crippen molar-refractivity contribution in [3.8, 4) is 0 Å². The highest BCUT2D eigenvalue weighted by molar-refractivity contribution is 6.29. The molecule has 0 bridgehead atoms. The molecule has 0 aliphatic rings. The topological polar surface area (TPSA) is 73.7 Å². The minimum absolute atomic E-state index is 0.146. The zero-order valence-electron chi connectivity index (χ0n) is 11.0. The predicted molar refractivity (Wildman–Crippen MR) is 73.3 cm³/mol. The molecule has 1 rings (SSSR count). The van der Waals surface area contributed by atoms with Gasteiger partial charge in [-0.05, 0) is 18.6 Å². The van der Waals surface area contributed by atoms with Crippen LogP contribution in [0.15, 0.2) is 12.1 Å². The monoisotopic (exact) mass is 286 g/mol. The van der Waals surface area contributed by atoms with E-state index in [2.05, 4.69) is 4.98 Å². The van der Waals surface area contributed by atoms with Gasteiger partial charge in [-0.2, -0.15) is 0 Å². The Labute approximate surface area is 117 Å². The number of aliphatic hydroxyl groups excluding tert-OH is 2. The summed E-state index contributed by atoms with van der Waals surface area (Å²) in [5.74, 6) is -0.259. The van der Waals surface area contributed by atoms with Crippen molar-refractivity contribution in [3.05, 3.63) is 28.5 Å². The second-order valence-electron chi connectivity index (χ2n) is 4.16. The van der Waals surface area contributed by atoms with Crippen LogP contribution in [0.1, 0.15) is 29.4 Å². The molecule has 0 aliphatic carbocycles. The molecule has 0 spiro atoms. The summed E-state index contributed by atoms with van der Waals surface area (Å²) in [6, 6.07) is 3.21. The Bertz CT molecular complexity index is 420. The summed E-state index contributed by atoms with van der Waals surface area (Å²) >= 11 is 5.91. The lowest BCUT2D eigenvalue weighted by Gasteiger charge is -2.21. The fraction of sp³-hybridized carbons (Fsp3) is 0.538. The zero-order chi connectivity index (χ0) is 14.3. The number of aryl methyl sites for hydroxylation is 1. The molecule has 0 aliphatic heterocycles. The first kappa shape index (κ1) is 15.9. The highest BCUT2D eigenvalue weighted by Gasteiger charge is 2.16. The number of hydrogen-bond donors (Lipinski definition) is 2. The molecule has 0 aromatic carbocycles. The molecule has 5 nitrogen and oxygen atoms in total. The van der Waals surface area contributed by atoms with Crippen molar-refractivity contribution in [2.45, 2.75) is 19.8 Å². The van der Waals surface area contributed by atoms with Crippen LogP contribution in [0.5, 0.6) is 0 Å².